The van der Waals surface area contributed by atoms with Gasteiger partial charge in [0, 0.05) is 6.54 Å². The van der Waals surface area contributed by atoms with Gasteiger partial charge in [0.1, 0.15) is 12.1 Å². The number of aliphatic hydroxyl groups is 1. The van der Waals surface area contributed by atoms with Crippen molar-refractivity contribution in [3.63, 3.8) is 0 Å². The Balaban J connectivity index is 4.12. The molecule has 0 radical (unpaired) electrons. The van der Waals surface area contributed by atoms with E-state index in [0.717, 1.165) is 6.42 Å². The summed E-state index contributed by atoms with van der Waals surface area (Å²) in [4.78, 5) is 22.0. The number of esters is 1. The lowest BCUT2D eigenvalue weighted by Crippen LogP contribution is -2.45. The van der Waals surface area contributed by atoms with Gasteiger partial charge in [-0.3, -0.25) is 9.59 Å². The molecule has 0 saturated carbocycles. The van der Waals surface area contributed by atoms with Crippen LogP contribution in [0, 0.1) is 0 Å². The number of primary amides is 1. The molecule has 0 fully saturated rings. The first kappa shape index (κ1) is 14.9. The second-order valence-electron chi connectivity index (χ2n) is 3.42. The molecule has 0 aliphatic rings. The predicted octanol–water partition coefficient (Wildman–Crippen LogP) is -0.846. The number of nitrogens with two attached hydrogens (primary N) is 1. The summed E-state index contributed by atoms with van der Waals surface area (Å²) in [6.07, 6.45) is 0.0989. The third-order valence-electron chi connectivity index (χ3n) is 2.03. The molecule has 0 aliphatic carbocycles. The van der Waals surface area contributed by atoms with Gasteiger partial charge < -0.3 is 20.9 Å². The molecule has 94 valence electrons. The highest BCUT2D eigenvalue weighted by Gasteiger charge is 2.20. The summed E-state index contributed by atoms with van der Waals surface area (Å²) in [7, 11) is 0. The lowest BCUT2D eigenvalue weighted by atomic mass is 10.1. The Morgan fingerprint density at radius 1 is 1.44 bits per heavy atom. The summed E-state index contributed by atoms with van der Waals surface area (Å²) in [6.45, 7) is 3.91. The van der Waals surface area contributed by atoms with Crippen LogP contribution >= 0.6 is 0 Å². The van der Waals surface area contributed by atoms with Crippen molar-refractivity contribution in [1.29, 1.82) is 0 Å². The summed E-state index contributed by atoms with van der Waals surface area (Å²) in [5.74, 6) is -1.19. The summed E-state index contributed by atoms with van der Waals surface area (Å²) in [6, 6.07) is -0.501. The molecule has 0 aliphatic heterocycles. The maximum Gasteiger partial charge on any atom is 0.323 e. The van der Waals surface area contributed by atoms with E-state index in [9.17, 15) is 9.59 Å². The molecule has 0 aromatic heterocycles. The van der Waals surface area contributed by atoms with E-state index in [1.54, 1.807) is 6.92 Å². The molecule has 0 heterocycles. The predicted molar refractivity (Wildman–Crippen MR) is 58.5 cm³/mol. The van der Waals surface area contributed by atoms with Crippen molar-refractivity contribution in [1.82, 2.24) is 5.32 Å². The fourth-order valence-corrected chi connectivity index (χ4v) is 1.19. The van der Waals surface area contributed by atoms with Crippen LogP contribution < -0.4 is 11.1 Å². The fraction of sp³-hybridized carbons (Fsp3) is 0.800. The number of aliphatic hydroxyl groups excluding tert-OH is 1. The van der Waals surface area contributed by atoms with Crippen LogP contribution in [0.25, 0.3) is 0 Å². The third-order valence-corrected chi connectivity index (χ3v) is 2.03. The van der Waals surface area contributed by atoms with Gasteiger partial charge in [-0.05, 0) is 13.3 Å². The SMILES string of the molecule is CCCC(NCC(O)C(N)=O)C(=O)OCC. The normalized spacial score (nSPS) is 14.2. The number of hydrogen-bond donors (Lipinski definition) is 3. The fourth-order valence-electron chi connectivity index (χ4n) is 1.19. The second-order valence-corrected chi connectivity index (χ2v) is 3.42. The number of amides is 1. The number of rotatable bonds is 8. The van der Waals surface area contributed by atoms with E-state index in [-0.39, 0.29) is 12.5 Å². The van der Waals surface area contributed by atoms with E-state index in [1.807, 2.05) is 6.92 Å². The Bertz CT molecular complexity index is 233. The molecule has 6 heteroatoms. The van der Waals surface area contributed by atoms with Crippen LogP contribution in [0.2, 0.25) is 0 Å². The van der Waals surface area contributed by atoms with Crippen molar-refractivity contribution in [2.45, 2.75) is 38.8 Å². The van der Waals surface area contributed by atoms with Gasteiger partial charge in [0.15, 0.2) is 0 Å². The Hall–Kier alpha value is -1.14. The number of carbonyl (C=O) groups is 2. The molecule has 0 bridgehead atoms. The molecule has 0 aromatic rings. The first-order valence-electron chi connectivity index (χ1n) is 5.40. The maximum atomic E-state index is 11.4. The van der Waals surface area contributed by atoms with Crippen LogP contribution in [0.4, 0.5) is 0 Å². The highest BCUT2D eigenvalue weighted by Crippen LogP contribution is 1.99. The Kier molecular flexibility index (Phi) is 7.49. The van der Waals surface area contributed by atoms with E-state index < -0.39 is 18.1 Å². The Morgan fingerprint density at radius 2 is 2.06 bits per heavy atom. The molecule has 4 N–H and O–H groups in total. The van der Waals surface area contributed by atoms with Gasteiger partial charge in [-0.2, -0.15) is 0 Å². The van der Waals surface area contributed by atoms with Gasteiger partial charge in [0.05, 0.1) is 6.61 Å². The topological polar surface area (TPSA) is 102 Å². The molecule has 1 amide bonds. The molecular weight excluding hydrogens is 212 g/mol. The molecular formula is C10H20N2O4. The summed E-state index contributed by atoms with van der Waals surface area (Å²) in [5, 5.41) is 11.9. The van der Waals surface area contributed by atoms with E-state index in [1.165, 1.54) is 0 Å². The quantitative estimate of drug-likeness (QED) is 0.473. The van der Waals surface area contributed by atoms with Crippen molar-refractivity contribution in [3.8, 4) is 0 Å². The van der Waals surface area contributed by atoms with E-state index in [4.69, 9.17) is 15.6 Å². The lowest BCUT2D eigenvalue weighted by Gasteiger charge is -2.17. The first-order valence-corrected chi connectivity index (χ1v) is 5.40. The van der Waals surface area contributed by atoms with E-state index >= 15 is 0 Å². The minimum Gasteiger partial charge on any atom is -0.465 e. The molecule has 0 rings (SSSR count). The average Bonchev–Trinajstić information content (AvgIpc) is 2.23. The monoisotopic (exact) mass is 232 g/mol. The van der Waals surface area contributed by atoms with Crippen LogP contribution in [0.1, 0.15) is 26.7 Å². The largest absolute Gasteiger partial charge is 0.465 e. The highest BCUT2D eigenvalue weighted by molar-refractivity contribution is 5.79. The van der Waals surface area contributed by atoms with Gasteiger partial charge in [0.25, 0.3) is 0 Å². The van der Waals surface area contributed by atoms with Crippen LogP contribution in [0.5, 0.6) is 0 Å². The van der Waals surface area contributed by atoms with Gasteiger partial charge >= 0.3 is 5.97 Å². The Labute approximate surface area is 95.1 Å². The van der Waals surface area contributed by atoms with Crippen LogP contribution in [0.3, 0.4) is 0 Å². The Morgan fingerprint density at radius 3 is 2.50 bits per heavy atom. The minimum atomic E-state index is -1.28. The zero-order valence-electron chi connectivity index (χ0n) is 9.73. The van der Waals surface area contributed by atoms with Gasteiger partial charge in [-0.1, -0.05) is 13.3 Å². The van der Waals surface area contributed by atoms with Crippen molar-refractivity contribution in [3.05, 3.63) is 0 Å². The summed E-state index contributed by atoms with van der Waals surface area (Å²) in [5.41, 5.74) is 4.89. The standard InChI is InChI=1S/C10H20N2O4/c1-3-5-7(10(15)16-4-2)12-6-8(13)9(11)14/h7-8,12-13H,3-6H2,1-2H3,(H2,11,14). The lowest BCUT2D eigenvalue weighted by molar-refractivity contribution is -0.146. The maximum absolute atomic E-state index is 11.4. The van der Waals surface area contributed by atoms with Crippen molar-refractivity contribution in [2.24, 2.45) is 5.73 Å². The second kappa shape index (κ2) is 8.06. The van der Waals surface area contributed by atoms with Gasteiger partial charge in [0.2, 0.25) is 5.91 Å². The summed E-state index contributed by atoms with van der Waals surface area (Å²) >= 11 is 0. The van der Waals surface area contributed by atoms with Crippen LogP contribution in [-0.4, -0.2) is 42.3 Å². The van der Waals surface area contributed by atoms with Crippen LogP contribution in [0.15, 0.2) is 0 Å². The van der Waals surface area contributed by atoms with Crippen molar-refractivity contribution in [2.75, 3.05) is 13.2 Å². The number of hydrogen-bond acceptors (Lipinski definition) is 5. The smallest absolute Gasteiger partial charge is 0.323 e. The molecule has 0 saturated heterocycles. The minimum absolute atomic E-state index is 0.0428. The van der Waals surface area contributed by atoms with Gasteiger partial charge in [-0.25, -0.2) is 0 Å². The third kappa shape index (κ3) is 5.67. The highest BCUT2D eigenvalue weighted by atomic mass is 16.5. The average molecular weight is 232 g/mol. The molecule has 6 nitrogen and oxygen atoms in total. The van der Waals surface area contributed by atoms with E-state index in [2.05, 4.69) is 5.32 Å². The van der Waals surface area contributed by atoms with E-state index in [0.29, 0.717) is 13.0 Å². The number of carbonyl (C=O) groups excluding carboxylic acids is 2. The van der Waals surface area contributed by atoms with Gasteiger partial charge in [-0.15, -0.1) is 0 Å². The first-order chi connectivity index (χ1) is 7.52. The van der Waals surface area contributed by atoms with Crippen LogP contribution in [-0.2, 0) is 14.3 Å². The number of ether oxygens (including phenoxy) is 1. The molecule has 2 atom stereocenters. The van der Waals surface area contributed by atoms with Crippen molar-refractivity contribution >= 4 is 11.9 Å². The number of nitrogens with one attached hydrogen (secondary N) is 1. The summed E-state index contributed by atoms with van der Waals surface area (Å²) < 4.78 is 4.85. The molecule has 0 aromatic carbocycles. The zero-order valence-corrected chi connectivity index (χ0v) is 9.73. The molecule has 2 unspecified atom stereocenters. The van der Waals surface area contributed by atoms with Crippen molar-refractivity contribution < 1.29 is 19.4 Å². The molecule has 0 spiro atoms. The zero-order chi connectivity index (χ0) is 12.6. The molecule has 16 heavy (non-hydrogen) atoms.